The number of rotatable bonds is 6. The molecule has 2 aromatic rings. The van der Waals surface area contributed by atoms with Gasteiger partial charge in [-0.3, -0.25) is 4.79 Å². The zero-order chi connectivity index (χ0) is 21.8. The molecule has 1 unspecified atom stereocenters. The molecular formula is C25H24O5. The Hall–Kier alpha value is -3.86. The molecule has 0 saturated carbocycles. The lowest BCUT2D eigenvalue weighted by Crippen LogP contribution is -1.97. The number of methoxy groups -OCH3 is 1. The van der Waals surface area contributed by atoms with E-state index in [-0.39, 0.29) is 11.5 Å². The fraction of sp³-hybridized carbons (Fsp3) is 0.120. The third kappa shape index (κ3) is 7.64. The zero-order valence-electron chi connectivity index (χ0n) is 16.6. The second-order valence-corrected chi connectivity index (χ2v) is 6.40. The van der Waals surface area contributed by atoms with Gasteiger partial charge in [0.1, 0.15) is 0 Å². The fourth-order valence-corrected chi connectivity index (χ4v) is 2.62. The highest BCUT2D eigenvalue weighted by molar-refractivity contribution is 6.04. The van der Waals surface area contributed by atoms with E-state index in [1.807, 2.05) is 48.6 Å². The summed E-state index contributed by atoms with van der Waals surface area (Å²) in [6.07, 6.45) is 15.3. The van der Waals surface area contributed by atoms with Crippen molar-refractivity contribution in [3.8, 4) is 11.5 Å². The van der Waals surface area contributed by atoms with Crippen molar-refractivity contribution in [1.29, 1.82) is 0 Å². The van der Waals surface area contributed by atoms with Crippen LogP contribution in [0.1, 0.15) is 22.3 Å². The van der Waals surface area contributed by atoms with Crippen molar-refractivity contribution in [2.24, 2.45) is 5.92 Å². The number of carboxylic acid groups (broad SMARTS) is 1. The monoisotopic (exact) mass is 404 g/mol. The smallest absolute Gasteiger partial charge is 0.328 e. The average molecular weight is 404 g/mol. The first kappa shape index (κ1) is 22.4. The molecule has 0 fully saturated rings. The summed E-state index contributed by atoms with van der Waals surface area (Å²) in [4.78, 5) is 22.0. The molecule has 0 amide bonds. The van der Waals surface area contributed by atoms with Crippen molar-refractivity contribution in [2.75, 3.05) is 7.11 Å². The standard InChI is InChI=1S/C15H14O.C10H10O4/c16-15(14-9-5-2-6-10-14)12-11-13-7-3-1-4-8-13;1-14-9-6-7(2-4-8(9)11)3-5-10(12)13/h1-7,9-13H,8H2;2-6,11H,1H3,(H,12,13). The van der Waals surface area contributed by atoms with Crippen molar-refractivity contribution in [1.82, 2.24) is 0 Å². The number of phenols is 1. The van der Waals surface area contributed by atoms with Gasteiger partial charge in [0.15, 0.2) is 17.3 Å². The SMILES string of the molecule is COc1cc(C=CC(=O)O)ccc1O.O=C(C=CC1C=CC=CC1)c1ccccc1. The van der Waals surface area contributed by atoms with Crippen molar-refractivity contribution >= 4 is 17.8 Å². The first-order valence-electron chi connectivity index (χ1n) is 9.38. The Morgan fingerprint density at radius 1 is 1.07 bits per heavy atom. The summed E-state index contributed by atoms with van der Waals surface area (Å²) in [6.45, 7) is 0. The molecule has 30 heavy (non-hydrogen) atoms. The molecule has 5 nitrogen and oxygen atoms in total. The summed E-state index contributed by atoms with van der Waals surface area (Å²) in [5.41, 5.74) is 1.40. The number of aliphatic carboxylic acids is 1. The van der Waals surface area contributed by atoms with Crippen LogP contribution in [0.4, 0.5) is 0 Å². The molecule has 0 aromatic heterocycles. The number of benzene rings is 2. The highest BCUT2D eigenvalue weighted by Crippen LogP contribution is 2.26. The fourth-order valence-electron chi connectivity index (χ4n) is 2.62. The minimum Gasteiger partial charge on any atom is -0.504 e. The third-order valence-corrected chi connectivity index (χ3v) is 4.19. The predicted octanol–water partition coefficient (Wildman–Crippen LogP) is 5.06. The molecule has 154 valence electrons. The van der Waals surface area contributed by atoms with Gasteiger partial charge in [-0.15, -0.1) is 0 Å². The lowest BCUT2D eigenvalue weighted by Gasteiger charge is -2.06. The van der Waals surface area contributed by atoms with Crippen molar-refractivity contribution in [3.05, 3.63) is 102 Å². The molecule has 5 heteroatoms. The second-order valence-electron chi connectivity index (χ2n) is 6.40. The van der Waals surface area contributed by atoms with E-state index in [9.17, 15) is 14.7 Å². The van der Waals surface area contributed by atoms with Crippen LogP contribution in [0, 0.1) is 5.92 Å². The third-order valence-electron chi connectivity index (χ3n) is 4.19. The number of carbonyl (C=O) groups excluding carboxylic acids is 1. The van der Waals surface area contributed by atoms with Crippen LogP contribution < -0.4 is 4.74 Å². The molecule has 1 aliphatic carbocycles. The van der Waals surface area contributed by atoms with Crippen molar-refractivity contribution in [2.45, 2.75) is 6.42 Å². The molecule has 1 aliphatic rings. The van der Waals surface area contributed by atoms with Crippen LogP contribution in [-0.2, 0) is 4.79 Å². The molecule has 0 radical (unpaired) electrons. The number of allylic oxidation sites excluding steroid dienone is 6. The van der Waals surface area contributed by atoms with Crippen LogP contribution in [-0.4, -0.2) is 29.1 Å². The highest BCUT2D eigenvalue weighted by atomic mass is 16.5. The van der Waals surface area contributed by atoms with Gasteiger partial charge in [-0.2, -0.15) is 0 Å². The molecule has 2 aromatic carbocycles. The summed E-state index contributed by atoms with van der Waals surface area (Å²) in [6, 6.07) is 13.9. The van der Waals surface area contributed by atoms with Gasteiger partial charge in [-0.25, -0.2) is 4.79 Å². The Bertz CT molecular complexity index is 968. The Morgan fingerprint density at radius 2 is 1.83 bits per heavy atom. The zero-order valence-corrected chi connectivity index (χ0v) is 16.6. The average Bonchev–Trinajstić information content (AvgIpc) is 2.78. The number of phenolic OH excluding ortho intramolecular Hbond substituents is 1. The van der Waals surface area contributed by atoms with Gasteiger partial charge in [0, 0.05) is 11.6 Å². The molecule has 0 aliphatic heterocycles. The maximum atomic E-state index is 11.8. The minimum atomic E-state index is -1.02. The second kappa shape index (κ2) is 11.9. The molecule has 0 bridgehead atoms. The quantitative estimate of drug-likeness (QED) is 0.520. The van der Waals surface area contributed by atoms with Gasteiger partial charge in [-0.1, -0.05) is 66.8 Å². The maximum Gasteiger partial charge on any atom is 0.328 e. The summed E-state index contributed by atoms with van der Waals surface area (Å²) >= 11 is 0. The van der Waals surface area contributed by atoms with Crippen molar-refractivity contribution < 1.29 is 24.5 Å². The van der Waals surface area contributed by atoms with Gasteiger partial charge < -0.3 is 14.9 Å². The van der Waals surface area contributed by atoms with Gasteiger partial charge in [0.05, 0.1) is 7.11 Å². The van der Waals surface area contributed by atoms with E-state index in [4.69, 9.17) is 9.84 Å². The van der Waals surface area contributed by atoms with E-state index in [2.05, 4.69) is 12.2 Å². The highest BCUT2D eigenvalue weighted by Gasteiger charge is 2.03. The van der Waals surface area contributed by atoms with Crippen LogP contribution in [0.3, 0.4) is 0 Å². The van der Waals surface area contributed by atoms with Crippen LogP contribution in [0.2, 0.25) is 0 Å². The van der Waals surface area contributed by atoms with Gasteiger partial charge in [-0.05, 0) is 42.2 Å². The summed E-state index contributed by atoms with van der Waals surface area (Å²) in [5.74, 6) is -0.240. The Kier molecular flexibility index (Phi) is 8.87. The summed E-state index contributed by atoms with van der Waals surface area (Å²) in [5, 5.41) is 17.6. The van der Waals surface area contributed by atoms with Crippen LogP contribution in [0.25, 0.3) is 6.08 Å². The van der Waals surface area contributed by atoms with E-state index < -0.39 is 5.97 Å². The van der Waals surface area contributed by atoms with E-state index in [0.29, 0.717) is 17.2 Å². The van der Waals surface area contributed by atoms with E-state index in [1.54, 1.807) is 18.2 Å². The van der Waals surface area contributed by atoms with E-state index in [0.717, 1.165) is 18.1 Å². The van der Waals surface area contributed by atoms with Crippen molar-refractivity contribution in [3.63, 3.8) is 0 Å². The Balaban J connectivity index is 0.000000216. The number of carbonyl (C=O) groups is 2. The number of ketones is 1. The predicted molar refractivity (Wildman–Crippen MR) is 118 cm³/mol. The number of hydrogen-bond donors (Lipinski definition) is 2. The number of ether oxygens (including phenoxy) is 1. The maximum absolute atomic E-state index is 11.8. The number of aromatic hydroxyl groups is 1. The van der Waals surface area contributed by atoms with Gasteiger partial charge in [0.2, 0.25) is 0 Å². The largest absolute Gasteiger partial charge is 0.504 e. The topological polar surface area (TPSA) is 83.8 Å². The molecule has 0 saturated heterocycles. The normalized spacial score (nSPS) is 15.0. The molecule has 2 N–H and O–H groups in total. The van der Waals surface area contributed by atoms with Gasteiger partial charge in [0.25, 0.3) is 0 Å². The van der Waals surface area contributed by atoms with Crippen LogP contribution >= 0.6 is 0 Å². The first-order valence-corrected chi connectivity index (χ1v) is 9.38. The van der Waals surface area contributed by atoms with Gasteiger partial charge >= 0.3 is 5.97 Å². The first-order chi connectivity index (χ1) is 14.5. The molecule has 1 atom stereocenters. The number of hydrogen-bond acceptors (Lipinski definition) is 4. The van der Waals surface area contributed by atoms with Crippen LogP contribution in [0.15, 0.2) is 91.1 Å². The lowest BCUT2D eigenvalue weighted by molar-refractivity contribution is -0.131. The van der Waals surface area contributed by atoms with E-state index >= 15 is 0 Å². The summed E-state index contributed by atoms with van der Waals surface area (Å²) < 4.78 is 4.86. The minimum absolute atomic E-state index is 0.0278. The lowest BCUT2D eigenvalue weighted by atomic mass is 9.99. The number of carboxylic acids is 1. The van der Waals surface area contributed by atoms with E-state index in [1.165, 1.54) is 19.3 Å². The Morgan fingerprint density at radius 3 is 2.47 bits per heavy atom. The summed E-state index contributed by atoms with van der Waals surface area (Å²) in [7, 11) is 1.43. The molecule has 0 heterocycles. The molecule has 3 rings (SSSR count). The Labute approximate surface area is 175 Å². The molecular weight excluding hydrogens is 380 g/mol. The van der Waals surface area contributed by atoms with Crippen LogP contribution in [0.5, 0.6) is 11.5 Å². The molecule has 0 spiro atoms.